The molecular weight excluding hydrogens is 417 g/mol. The molecule has 4 amide bonds. The number of benzene rings is 1. The average molecular weight is 448 g/mol. The van der Waals surface area contributed by atoms with Crippen molar-refractivity contribution in [3.8, 4) is 0 Å². The maximum absolute atomic E-state index is 13.6. The highest BCUT2D eigenvalue weighted by Crippen LogP contribution is 2.43. The second-order valence-electron chi connectivity index (χ2n) is 9.72. The number of hydrogen-bond acceptors (Lipinski definition) is 5. The van der Waals surface area contributed by atoms with E-state index in [4.69, 9.17) is 4.74 Å². The van der Waals surface area contributed by atoms with Gasteiger partial charge in [0.1, 0.15) is 17.9 Å². The summed E-state index contributed by atoms with van der Waals surface area (Å²) in [5.41, 5.74) is -0.170. The second kappa shape index (κ2) is 8.88. The van der Waals surface area contributed by atoms with E-state index in [1.54, 1.807) is 6.92 Å². The first-order valence-electron chi connectivity index (χ1n) is 10.8. The third kappa shape index (κ3) is 5.08. The molecule has 3 rings (SSSR count). The molecule has 174 valence electrons. The van der Waals surface area contributed by atoms with E-state index in [9.17, 15) is 23.6 Å². The number of imide groups is 1. The van der Waals surface area contributed by atoms with Crippen molar-refractivity contribution in [1.82, 2.24) is 10.2 Å². The Balaban J connectivity index is 1.50. The molecule has 1 heterocycles. The zero-order chi connectivity index (χ0) is 23.7. The molecule has 0 bridgehead atoms. The van der Waals surface area contributed by atoms with Gasteiger partial charge in [-0.1, -0.05) is 26.8 Å². The predicted octanol–water partition coefficient (Wildman–Crippen LogP) is 3.14. The quantitative estimate of drug-likeness (QED) is 0.533. The molecule has 0 atom stereocenters. The van der Waals surface area contributed by atoms with Crippen LogP contribution in [0.25, 0.3) is 0 Å². The van der Waals surface area contributed by atoms with Crippen molar-refractivity contribution in [2.24, 2.45) is 11.3 Å². The van der Waals surface area contributed by atoms with Crippen molar-refractivity contribution >= 4 is 29.5 Å². The minimum Gasteiger partial charge on any atom is -0.454 e. The minimum atomic E-state index is -0.966. The summed E-state index contributed by atoms with van der Waals surface area (Å²) in [4.78, 5) is 50.3. The van der Waals surface area contributed by atoms with Gasteiger partial charge in [-0.3, -0.25) is 19.3 Å². The molecule has 2 fully saturated rings. The topological polar surface area (TPSA) is 105 Å². The summed E-state index contributed by atoms with van der Waals surface area (Å²) in [6.45, 7) is 6.91. The molecule has 1 aliphatic carbocycles. The molecule has 2 N–H and O–H groups in total. The van der Waals surface area contributed by atoms with E-state index in [1.807, 2.05) is 0 Å². The van der Waals surface area contributed by atoms with Crippen LogP contribution in [0, 0.1) is 24.1 Å². The Kier molecular flexibility index (Phi) is 6.57. The lowest BCUT2D eigenvalue weighted by atomic mass is 9.67. The third-order valence-electron chi connectivity index (χ3n) is 6.42. The fraction of sp³-hybridized carbons (Fsp3) is 0.565. The smallest absolute Gasteiger partial charge is 0.326 e. The largest absolute Gasteiger partial charge is 0.454 e. The Morgan fingerprint density at radius 3 is 2.50 bits per heavy atom. The molecule has 0 unspecified atom stereocenters. The maximum Gasteiger partial charge on any atom is 0.326 e. The minimum absolute atomic E-state index is 0.127. The summed E-state index contributed by atoms with van der Waals surface area (Å²) in [6, 6.07) is 3.58. The fourth-order valence-corrected chi connectivity index (χ4v) is 4.32. The van der Waals surface area contributed by atoms with Gasteiger partial charge in [0.15, 0.2) is 6.61 Å². The number of carbonyl (C=O) groups is 4. The van der Waals surface area contributed by atoms with Crippen LogP contribution in [0.3, 0.4) is 0 Å². The monoisotopic (exact) mass is 447 g/mol. The molecule has 1 saturated heterocycles. The standard InChI is InChI=1S/C23H30FN3O5/c1-14-5-6-16(11-17(14)24)25-18(28)13-32-19(29)12-27-20(30)23(26-21(27)31)9-7-15(8-10-23)22(2,3)4/h5-6,11,15H,7-10,12-13H2,1-4H3,(H,25,28)(H,26,31). The van der Waals surface area contributed by atoms with Gasteiger partial charge in [-0.2, -0.15) is 0 Å². The fourth-order valence-electron chi connectivity index (χ4n) is 4.32. The summed E-state index contributed by atoms with van der Waals surface area (Å²) in [6.07, 6.45) is 2.68. The Morgan fingerprint density at radius 2 is 1.91 bits per heavy atom. The van der Waals surface area contributed by atoms with Crippen LogP contribution in [-0.4, -0.2) is 47.4 Å². The Bertz CT molecular complexity index is 932. The SMILES string of the molecule is Cc1ccc(NC(=O)COC(=O)CN2C(=O)NC3(CCC(C(C)(C)C)CC3)C2=O)cc1F. The highest BCUT2D eigenvalue weighted by molar-refractivity contribution is 6.08. The predicted molar refractivity (Wildman–Crippen MR) is 115 cm³/mol. The van der Waals surface area contributed by atoms with Crippen molar-refractivity contribution in [3.05, 3.63) is 29.6 Å². The number of ether oxygens (including phenoxy) is 1. The summed E-state index contributed by atoms with van der Waals surface area (Å²) in [5, 5.41) is 5.19. The first-order chi connectivity index (χ1) is 14.9. The van der Waals surface area contributed by atoms with Crippen LogP contribution in [-0.2, 0) is 19.1 Å². The van der Waals surface area contributed by atoms with E-state index in [0.717, 1.165) is 23.8 Å². The van der Waals surface area contributed by atoms with E-state index in [2.05, 4.69) is 31.4 Å². The Hall–Kier alpha value is -2.97. The molecule has 0 radical (unpaired) electrons. The van der Waals surface area contributed by atoms with Gasteiger partial charge < -0.3 is 15.4 Å². The van der Waals surface area contributed by atoms with Crippen LogP contribution in [0.2, 0.25) is 0 Å². The molecule has 2 aliphatic rings. The molecule has 1 aromatic rings. The van der Waals surface area contributed by atoms with E-state index in [0.29, 0.717) is 24.3 Å². The molecule has 9 heteroatoms. The van der Waals surface area contributed by atoms with Gasteiger partial charge in [0.25, 0.3) is 11.8 Å². The van der Waals surface area contributed by atoms with Crippen molar-refractivity contribution < 1.29 is 28.3 Å². The first-order valence-corrected chi connectivity index (χ1v) is 10.8. The molecule has 1 aromatic carbocycles. The van der Waals surface area contributed by atoms with Crippen molar-refractivity contribution in [2.75, 3.05) is 18.5 Å². The first kappa shape index (κ1) is 23.7. The number of nitrogens with one attached hydrogen (secondary N) is 2. The highest BCUT2D eigenvalue weighted by Gasteiger charge is 2.53. The third-order valence-corrected chi connectivity index (χ3v) is 6.42. The van der Waals surface area contributed by atoms with Gasteiger partial charge in [0, 0.05) is 5.69 Å². The maximum atomic E-state index is 13.6. The van der Waals surface area contributed by atoms with Gasteiger partial charge in [0.05, 0.1) is 0 Å². The van der Waals surface area contributed by atoms with E-state index < -0.39 is 48.3 Å². The van der Waals surface area contributed by atoms with Crippen LogP contribution in [0.4, 0.5) is 14.9 Å². The number of halogens is 1. The number of anilines is 1. The molecule has 1 aliphatic heterocycles. The number of esters is 1. The van der Waals surface area contributed by atoms with Gasteiger partial charge in [0.2, 0.25) is 0 Å². The highest BCUT2D eigenvalue weighted by atomic mass is 19.1. The van der Waals surface area contributed by atoms with Crippen molar-refractivity contribution in [1.29, 1.82) is 0 Å². The van der Waals surface area contributed by atoms with Gasteiger partial charge in [-0.05, 0) is 61.6 Å². The summed E-state index contributed by atoms with van der Waals surface area (Å²) >= 11 is 0. The van der Waals surface area contributed by atoms with E-state index in [-0.39, 0.29) is 11.1 Å². The molecule has 0 aromatic heterocycles. The zero-order valence-electron chi connectivity index (χ0n) is 18.9. The summed E-state index contributed by atoms with van der Waals surface area (Å²) in [5.74, 6) is -1.97. The van der Waals surface area contributed by atoms with Crippen LogP contribution < -0.4 is 10.6 Å². The number of rotatable bonds is 5. The number of nitrogens with zero attached hydrogens (tertiary/aromatic N) is 1. The van der Waals surface area contributed by atoms with Gasteiger partial charge in [-0.15, -0.1) is 0 Å². The lowest BCUT2D eigenvalue weighted by Gasteiger charge is -2.40. The number of amides is 4. The van der Waals surface area contributed by atoms with Gasteiger partial charge in [-0.25, -0.2) is 9.18 Å². The van der Waals surface area contributed by atoms with Crippen molar-refractivity contribution in [3.63, 3.8) is 0 Å². The zero-order valence-corrected chi connectivity index (χ0v) is 18.9. The second-order valence-corrected chi connectivity index (χ2v) is 9.72. The number of carbonyl (C=O) groups excluding carboxylic acids is 4. The van der Waals surface area contributed by atoms with E-state index in [1.165, 1.54) is 12.1 Å². The van der Waals surface area contributed by atoms with Crippen LogP contribution in [0.15, 0.2) is 18.2 Å². The molecular formula is C23H30FN3O5. The van der Waals surface area contributed by atoms with Crippen molar-refractivity contribution in [2.45, 2.75) is 58.9 Å². The molecule has 8 nitrogen and oxygen atoms in total. The normalized spacial score (nSPS) is 23.3. The summed E-state index contributed by atoms with van der Waals surface area (Å²) < 4.78 is 18.5. The lowest BCUT2D eigenvalue weighted by molar-refractivity contribution is -0.150. The molecule has 1 saturated carbocycles. The van der Waals surface area contributed by atoms with Gasteiger partial charge >= 0.3 is 12.0 Å². The molecule has 1 spiro atoms. The van der Waals surface area contributed by atoms with Crippen LogP contribution in [0.1, 0.15) is 52.0 Å². The average Bonchev–Trinajstić information content (AvgIpc) is 2.93. The Morgan fingerprint density at radius 1 is 1.25 bits per heavy atom. The number of aryl methyl sites for hydroxylation is 1. The number of urea groups is 1. The Labute approximate surface area is 186 Å². The van der Waals surface area contributed by atoms with Crippen LogP contribution >= 0.6 is 0 Å². The lowest BCUT2D eigenvalue weighted by Crippen LogP contribution is -2.50. The number of hydrogen-bond donors (Lipinski definition) is 2. The summed E-state index contributed by atoms with van der Waals surface area (Å²) in [7, 11) is 0. The molecule has 32 heavy (non-hydrogen) atoms. The van der Waals surface area contributed by atoms with Crippen LogP contribution in [0.5, 0.6) is 0 Å². The van der Waals surface area contributed by atoms with E-state index >= 15 is 0 Å².